The van der Waals surface area contributed by atoms with E-state index in [0.29, 0.717) is 21.4 Å². The second-order valence-corrected chi connectivity index (χ2v) is 5.50. The number of allylic oxidation sites excluding steroid dienone is 2. The summed E-state index contributed by atoms with van der Waals surface area (Å²) in [7, 11) is 0. The van der Waals surface area contributed by atoms with Gasteiger partial charge in [0, 0.05) is 0 Å². The van der Waals surface area contributed by atoms with Gasteiger partial charge in [-0.15, -0.1) is 0 Å². The van der Waals surface area contributed by atoms with Crippen molar-refractivity contribution < 1.29 is 9.90 Å². The third-order valence-electron chi connectivity index (χ3n) is 1.50. The second kappa shape index (κ2) is 7.13. The van der Waals surface area contributed by atoms with Crippen LogP contribution in [-0.2, 0) is 4.79 Å². The Morgan fingerprint density at radius 3 is 2.69 bits per heavy atom. The molecule has 0 amide bonds. The summed E-state index contributed by atoms with van der Waals surface area (Å²) in [5, 5.41) is 10.5. The van der Waals surface area contributed by atoms with Gasteiger partial charge >= 0.3 is 85.2 Å². The fourth-order valence-electron chi connectivity index (χ4n) is 0.643. The Balaban J connectivity index is 3.36. The average molecular weight is 250 g/mol. The second-order valence-electron chi connectivity index (χ2n) is 3.09. The first-order chi connectivity index (χ1) is 6.04. The maximum atomic E-state index is 10.3. The molecule has 76 valence electrons. The normalized spacial score (nSPS) is 12.2. The fourth-order valence-corrected chi connectivity index (χ4v) is 2.82. The van der Waals surface area contributed by atoms with Gasteiger partial charge in [0.05, 0.1) is 0 Å². The first-order valence-electron chi connectivity index (χ1n) is 4.23. The molecule has 0 bridgehead atoms. The van der Waals surface area contributed by atoms with E-state index in [-0.39, 0.29) is 0 Å². The van der Waals surface area contributed by atoms with Crippen molar-refractivity contribution in [2.24, 2.45) is 5.73 Å². The van der Waals surface area contributed by atoms with E-state index < -0.39 is 12.0 Å². The predicted octanol–water partition coefficient (Wildman–Crippen LogP) is 1.30. The van der Waals surface area contributed by atoms with Crippen molar-refractivity contribution in [2.75, 3.05) is 0 Å². The zero-order chi connectivity index (χ0) is 10.3. The molecule has 0 saturated carbocycles. The van der Waals surface area contributed by atoms with Crippen LogP contribution in [0.25, 0.3) is 0 Å². The molecule has 0 aliphatic heterocycles. The molecule has 0 aromatic heterocycles. The molecular weight excluding hydrogens is 233 g/mol. The van der Waals surface area contributed by atoms with Crippen LogP contribution in [0.4, 0.5) is 0 Å². The number of carboxylic acid groups (broad SMARTS) is 1. The van der Waals surface area contributed by atoms with E-state index in [2.05, 4.69) is 19.9 Å². The molecule has 0 radical (unpaired) electrons. The van der Waals surface area contributed by atoms with Crippen molar-refractivity contribution >= 4 is 20.9 Å². The van der Waals surface area contributed by atoms with Crippen molar-refractivity contribution in [1.29, 1.82) is 0 Å². The molecule has 4 heteroatoms. The van der Waals surface area contributed by atoms with Crippen molar-refractivity contribution in [3.63, 3.8) is 0 Å². The Kier molecular flexibility index (Phi) is 6.96. The molecule has 1 unspecified atom stereocenters. The van der Waals surface area contributed by atoms with E-state index in [0.717, 1.165) is 10.6 Å². The Morgan fingerprint density at radius 1 is 1.62 bits per heavy atom. The third kappa shape index (κ3) is 8.03. The molecule has 0 fully saturated rings. The van der Waals surface area contributed by atoms with Crippen molar-refractivity contribution in [3.05, 3.63) is 11.6 Å². The van der Waals surface area contributed by atoms with E-state index in [1.807, 2.05) is 0 Å². The molecule has 3 nitrogen and oxygen atoms in total. The minimum absolute atomic E-state index is 0.504. The zero-order valence-electron chi connectivity index (χ0n) is 8.12. The molecule has 0 aromatic rings. The van der Waals surface area contributed by atoms with Gasteiger partial charge in [0.2, 0.25) is 0 Å². The zero-order valence-corrected chi connectivity index (χ0v) is 9.83. The summed E-state index contributed by atoms with van der Waals surface area (Å²) in [6, 6.07) is -0.673. The van der Waals surface area contributed by atoms with E-state index in [9.17, 15) is 4.79 Å². The van der Waals surface area contributed by atoms with Crippen LogP contribution in [0, 0.1) is 0 Å². The van der Waals surface area contributed by atoms with Crippen LogP contribution in [0.2, 0.25) is 10.6 Å². The van der Waals surface area contributed by atoms with Gasteiger partial charge in [-0.05, 0) is 0 Å². The molecular formula is C9H17NO2Se. The van der Waals surface area contributed by atoms with Crippen LogP contribution in [0.1, 0.15) is 20.3 Å². The van der Waals surface area contributed by atoms with E-state index >= 15 is 0 Å². The molecule has 3 N–H and O–H groups in total. The summed E-state index contributed by atoms with van der Waals surface area (Å²) in [5.41, 5.74) is 6.68. The summed E-state index contributed by atoms with van der Waals surface area (Å²) >= 11 is 0.504. The molecule has 0 heterocycles. The number of nitrogens with two attached hydrogens (primary N) is 1. The van der Waals surface area contributed by atoms with Gasteiger partial charge in [0.15, 0.2) is 0 Å². The number of carbonyl (C=O) groups is 1. The fraction of sp³-hybridized carbons (Fsp3) is 0.667. The van der Waals surface area contributed by atoms with E-state index in [1.54, 1.807) is 0 Å². The van der Waals surface area contributed by atoms with Crippen LogP contribution in [0.15, 0.2) is 11.6 Å². The van der Waals surface area contributed by atoms with Crippen LogP contribution in [0.3, 0.4) is 0 Å². The number of hydrogen-bond acceptors (Lipinski definition) is 2. The Hall–Kier alpha value is -0.311. The molecule has 0 spiro atoms. The number of carboxylic acids is 1. The van der Waals surface area contributed by atoms with Crippen LogP contribution < -0.4 is 5.73 Å². The number of aliphatic carboxylic acids is 1. The topological polar surface area (TPSA) is 63.3 Å². The quantitative estimate of drug-likeness (QED) is 0.424. The Morgan fingerprint density at radius 2 is 2.23 bits per heavy atom. The molecule has 13 heavy (non-hydrogen) atoms. The van der Waals surface area contributed by atoms with Crippen molar-refractivity contribution in [3.8, 4) is 0 Å². The molecule has 0 aliphatic carbocycles. The van der Waals surface area contributed by atoms with Crippen molar-refractivity contribution in [2.45, 2.75) is 36.9 Å². The van der Waals surface area contributed by atoms with Gasteiger partial charge in [0.25, 0.3) is 0 Å². The number of rotatable bonds is 6. The molecule has 0 saturated heterocycles. The van der Waals surface area contributed by atoms with Crippen LogP contribution in [-0.4, -0.2) is 32.1 Å². The van der Waals surface area contributed by atoms with Gasteiger partial charge in [0.1, 0.15) is 0 Å². The van der Waals surface area contributed by atoms with Crippen molar-refractivity contribution in [1.82, 2.24) is 0 Å². The van der Waals surface area contributed by atoms with E-state index in [1.165, 1.54) is 5.57 Å². The van der Waals surface area contributed by atoms with Gasteiger partial charge < -0.3 is 0 Å². The SMILES string of the molecule is CC(C)=CC[Se]CCC(N)C(=O)O. The van der Waals surface area contributed by atoms with Gasteiger partial charge in [-0.1, -0.05) is 0 Å². The minimum atomic E-state index is -0.891. The summed E-state index contributed by atoms with van der Waals surface area (Å²) in [6.45, 7) is 4.14. The summed E-state index contributed by atoms with van der Waals surface area (Å²) in [6.07, 6.45) is 2.79. The van der Waals surface area contributed by atoms with Crippen LogP contribution in [0.5, 0.6) is 0 Å². The summed E-state index contributed by atoms with van der Waals surface area (Å²) < 4.78 is 0. The molecule has 0 aromatic carbocycles. The third-order valence-corrected chi connectivity index (χ3v) is 3.44. The standard InChI is InChI=1S/C9H17NO2Se/c1-7(2)3-5-13-6-4-8(10)9(11)12/h3,8H,4-6,10H2,1-2H3,(H,11,12). The number of hydrogen-bond donors (Lipinski definition) is 2. The average Bonchev–Trinajstić information content (AvgIpc) is 2.02. The van der Waals surface area contributed by atoms with Gasteiger partial charge in [-0.3, -0.25) is 0 Å². The predicted molar refractivity (Wildman–Crippen MR) is 55.0 cm³/mol. The van der Waals surface area contributed by atoms with E-state index in [4.69, 9.17) is 10.8 Å². The molecule has 0 rings (SSSR count). The van der Waals surface area contributed by atoms with Gasteiger partial charge in [-0.25, -0.2) is 0 Å². The molecule has 1 atom stereocenters. The first-order valence-corrected chi connectivity index (χ1v) is 6.65. The first kappa shape index (κ1) is 12.7. The van der Waals surface area contributed by atoms with Crippen LogP contribution >= 0.6 is 0 Å². The summed E-state index contributed by atoms with van der Waals surface area (Å²) in [4.78, 5) is 10.3. The Bertz CT molecular complexity index is 188. The monoisotopic (exact) mass is 251 g/mol. The maximum absolute atomic E-state index is 10.3. The molecule has 0 aliphatic rings. The summed E-state index contributed by atoms with van der Waals surface area (Å²) in [5.74, 6) is -0.891. The Labute approximate surface area is 85.5 Å². The van der Waals surface area contributed by atoms with Gasteiger partial charge in [-0.2, -0.15) is 0 Å².